The second-order valence-electron chi connectivity index (χ2n) is 4.33. The lowest BCUT2D eigenvalue weighted by Crippen LogP contribution is -2.44. The smallest absolute Gasteiger partial charge is 0.242 e. The summed E-state index contributed by atoms with van der Waals surface area (Å²) in [5.41, 5.74) is 0. The van der Waals surface area contributed by atoms with E-state index in [9.17, 15) is 9.59 Å². The fraction of sp³-hybridized carbons (Fsp3) is 0.818. The third kappa shape index (κ3) is 4.20. The van der Waals surface area contributed by atoms with Gasteiger partial charge in [0.15, 0.2) is 0 Å². The molecule has 1 aliphatic heterocycles. The molecule has 1 aliphatic rings. The molecule has 5 nitrogen and oxygen atoms in total. The van der Waals surface area contributed by atoms with Crippen molar-refractivity contribution in [2.45, 2.75) is 26.3 Å². The van der Waals surface area contributed by atoms with Crippen LogP contribution in [0.15, 0.2) is 0 Å². The molecule has 0 aromatic carbocycles. The molecule has 0 bridgehead atoms. The molecule has 2 amide bonds. The van der Waals surface area contributed by atoms with Crippen LogP contribution < -0.4 is 0 Å². The van der Waals surface area contributed by atoms with Crippen molar-refractivity contribution in [2.24, 2.45) is 0 Å². The molecule has 0 aromatic rings. The maximum absolute atomic E-state index is 12.0. The van der Waals surface area contributed by atoms with Crippen LogP contribution in [0.3, 0.4) is 0 Å². The van der Waals surface area contributed by atoms with Gasteiger partial charge in [0.2, 0.25) is 11.8 Å². The monoisotopic (exact) mass is 260 g/mol. The second-order valence-corrected chi connectivity index (χ2v) is 5.28. The summed E-state index contributed by atoms with van der Waals surface area (Å²) in [7, 11) is 0. The number of carbonyl (C=O) groups excluding carboxylic acids is 2. The van der Waals surface area contributed by atoms with Crippen molar-refractivity contribution >= 4 is 23.6 Å². The first-order valence-corrected chi connectivity index (χ1v) is 6.97. The first kappa shape index (κ1) is 14.3. The average Bonchev–Trinajstić information content (AvgIpc) is 2.64. The normalized spacial score (nSPS) is 15.8. The van der Waals surface area contributed by atoms with Gasteiger partial charge in [-0.15, -0.1) is 11.8 Å². The van der Waals surface area contributed by atoms with Gasteiger partial charge in [0.25, 0.3) is 0 Å². The van der Waals surface area contributed by atoms with Crippen LogP contribution in [0.5, 0.6) is 0 Å². The van der Waals surface area contributed by atoms with Crippen molar-refractivity contribution in [2.75, 3.05) is 31.3 Å². The van der Waals surface area contributed by atoms with E-state index in [4.69, 9.17) is 5.11 Å². The summed E-state index contributed by atoms with van der Waals surface area (Å²) in [5, 5.41) is 8.80. The van der Waals surface area contributed by atoms with Crippen molar-refractivity contribution in [3.63, 3.8) is 0 Å². The summed E-state index contributed by atoms with van der Waals surface area (Å²) >= 11 is 1.54. The van der Waals surface area contributed by atoms with Gasteiger partial charge >= 0.3 is 0 Å². The number of amides is 2. The third-order valence-electron chi connectivity index (χ3n) is 2.65. The van der Waals surface area contributed by atoms with Gasteiger partial charge in [-0.2, -0.15) is 0 Å². The summed E-state index contributed by atoms with van der Waals surface area (Å²) in [6.45, 7) is 4.66. The van der Waals surface area contributed by atoms with E-state index in [0.717, 1.165) is 0 Å². The lowest BCUT2D eigenvalue weighted by Gasteiger charge is -2.28. The summed E-state index contributed by atoms with van der Waals surface area (Å²) in [4.78, 5) is 26.7. The predicted molar refractivity (Wildman–Crippen MR) is 67.6 cm³/mol. The van der Waals surface area contributed by atoms with Crippen LogP contribution >= 0.6 is 11.8 Å². The van der Waals surface area contributed by atoms with E-state index in [1.54, 1.807) is 9.80 Å². The van der Waals surface area contributed by atoms with Gasteiger partial charge in [0, 0.05) is 19.2 Å². The molecular weight excluding hydrogens is 240 g/mol. The average molecular weight is 260 g/mol. The predicted octanol–water partition coefficient (Wildman–Crippen LogP) is 0.139. The van der Waals surface area contributed by atoms with E-state index in [1.165, 1.54) is 11.8 Å². The lowest BCUT2D eigenvalue weighted by atomic mass is 10.2. The molecule has 0 aromatic heterocycles. The zero-order chi connectivity index (χ0) is 12.8. The molecular formula is C11H20N2O3S. The molecule has 1 saturated heterocycles. The van der Waals surface area contributed by atoms with Crippen LogP contribution in [0.1, 0.15) is 20.3 Å². The number of hydrogen-bond acceptors (Lipinski definition) is 4. The molecule has 0 aliphatic carbocycles. The first-order valence-electron chi connectivity index (χ1n) is 5.82. The summed E-state index contributed by atoms with van der Waals surface area (Å²) in [5.74, 6) is 1.08. The molecule has 1 heterocycles. The molecule has 1 fully saturated rings. The van der Waals surface area contributed by atoms with Gasteiger partial charge in [-0.1, -0.05) is 0 Å². The molecule has 6 heteroatoms. The van der Waals surface area contributed by atoms with Crippen molar-refractivity contribution in [1.29, 1.82) is 0 Å². The molecule has 1 rings (SSSR count). The van der Waals surface area contributed by atoms with E-state index in [2.05, 4.69) is 0 Å². The van der Waals surface area contributed by atoms with E-state index >= 15 is 0 Å². The molecule has 0 saturated carbocycles. The number of rotatable bonds is 6. The van der Waals surface area contributed by atoms with E-state index < -0.39 is 0 Å². The minimum atomic E-state index is -0.0377. The number of aliphatic hydroxyl groups is 1. The van der Waals surface area contributed by atoms with E-state index in [-0.39, 0.29) is 31.0 Å². The Balaban J connectivity index is 2.49. The quantitative estimate of drug-likeness (QED) is 0.738. The standard InChI is InChI=1S/C11H20N2O3S/c1-9(2)13(4-3-5-14)10(15)6-12-8-17-7-11(12)16/h9,14H,3-8H2,1-2H3. The zero-order valence-corrected chi connectivity index (χ0v) is 11.2. The molecule has 0 spiro atoms. The third-order valence-corrected chi connectivity index (χ3v) is 3.60. The molecule has 1 N–H and O–H groups in total. The van der Waals surface area contributed by atoms with Crippen molar-refractivity contribution < 1.29 is 14.7 Å². The number of thioether (sulfide) groups is 1. The van der Waals surface area contributed by atoms with Crippen LogP contribution in [0.4, 0.5) is 0 Å². The minimum absolute atomic E-state index is 0.0363. The van der Waals surface area contributed by atoms with Gasteiger partial charge in [-0.05, 0) is 20.3 Å². The van der Waals surface area contributed by atoms with Crippen LogP contribution in [0, 0.1) is 0 Å². The van der Waals surface area contributed by atoms with Crippen molar-refractivity contribution in [1.82, 2.24) is 9.80 Å². The highest BCUT2D eigenvalue weighted by atomic mass is 32.2. The SMILES string of the molecule is CC(C)N(CCCO)C(=O)CN1CSCC1=O. The second kappa shape index (κ2) is 6.86. The van der Waals surface area contributed by atoms with Gasteiger partial charge in [-0.3, -0.25) is 9.59 Å². The Bertz CT molecular complexity index is 284. The number of aliphatic hydroxyl groups excluding tert-OH is 1. The van der Waals surface area contributed by atoms with E-state index in [1.807, 2.05) is 13.8 Å². The van der Waals surface area contributed by atoms with Crippen LogP contribution in [-0.4, -0.2) is 64.1 Å². The zero-order valence-electron chi connectivity index (χ0n) is 10.4. The van der Waals surface area contributed by atoms with Crippen LogP contribution in [0.25, 0.3) is 0 Å². The van der Waals surface area contributed by atoms with E-state index in [0.29, 0.717) is 24.6 Å². The molecule has 0 unspecified atom stereocenters. The summed E-state index contributed by atoms with van der Waals surface area (Å²) in [6.07, 6.45) is 0.576. The fourth-order valence-corrected chi connectivity index (χ4v) is 2.61. The Kier molecular flexibility index (Phi) is 5.77. The van der Waals surface area contributed by atoms with Gasteiger partial charge < -0.3 is 14.9 Å². The maximum Gasteiger partial charge on any atom is 0.242 e. The van der Waals surface area contributed by atoms with Gasteiger partial charge in [-0.25, -0.2) is 0 Å². The number of hydrogen-bond donors (Lipinski definition) is 1. The Labute approximate surface area is 106 Å². The Hall–Kier alpha value is -0.750. The summed E-state index contributed by atoms with van der Waals surface area (Å²) < 4.78 is 0. The van der Waals surface area contributed by atoms with Gasteiger partial charge in [0.05, 0.1) is 11.6 Å². The number of nitrogens with zero attached hydrogens (tertiary/aromatic N) is 2. The molecule has 0 atom stereocenters. The van der Waals surface area contributed by atoms with Crippen LogP contribution in [-0.2, 0) is 9.59 Å². The minimum Gasteiger partial charge on any atom is -0.396 e. The Morgan fingerprint density at radius 2 is 2.29 bits per heavy atom. The maximum atomic E-state index is 12.0. The first-order chi connectivity index (χ1) is 8.06. The van der Waals surface area contributed by atoms with Crippen LogP contribution in [0.2, 0.25) is 0 Å². The summed E-state index contributed by atoms with van der Waals surface area (Å²) in [6, 6.07) is 0.0967. The highest BCUT2D eigenvalue weighted by Gasteiger charge is 2.26. The lowest BCUT2D eigenvalue weighted by molar-refractivity contribution is -0.139. The Morgan fingerprint density at radius 1 is 1.59 bits per heavy atom. The Morgan fingerprint density at radius 3 is 2.76 bits per heavy atom. The highest BCUT2D eigenvalue weighted by Crippen LogP contribution is 2.15. The largest absolute Gasteiger partial charge is 0.396 e. The van der Waals surface area contributed by atoms with Gasteiger partial charge in [0.1, 0.15) is 6.54 Å². The molecule has 17 heavy (non-hydrogen) atoms. The highest BCUT2D eigenvalue weighted by molar-refractivity contribution is 8.00. The molecule has 98 valence electrons. The molecule has 0 radical (unpaired) electrons. The number of carbonyl (C=O) groups is 2. The van der Waals surface area contributed by atoms with Crippen molar-refractivity contribution in [3.05, 3.63) is 0 Å². The fourth-order valence-electron chi connectivity index (χ4n) is 1.71. The van der Waals surface area contributed by atoms with Crippen molar-refractivity contribution in [3.8, 4) is 0 Å². The topological polar surface area (TPSA) is 60.9 Å².